The van der Waals surface area contributed by atoms with E-state index in [1.54, 1.807) is 5.32 Å². The number of hydrogen-bond donors (Lipinski definition) is 2. The molecule has 1 aromatic carbocycles. The van der Waals surface area contributed by atoms with Crippen molar-refractivity contribution in [1.29, 1.82) is 0 Å². The van der Waals surface area contributed by atoms with Crippen LogP contribution in [0.4, 0.5) is 27.9 Å². The molecular weight excluding hydrogens is 399 g/mol. The van der Waals surface area contributed by atoms with E-state index in [-0.39, 0.29) is 17.9 Å². The molecule has 1 atom stereocenters. The summed E-state index contributed by atoms with van der Waals surface area (Å²) >= 11 is 0. The minimum Gasteiger partial charge on any atom is -0.317 e. The molecule has 2 amide bonds. The van der Waals surface area contributed by atoms with Crippen molar-refractivity contribution in [3.05, 3.63) is 23.8 Å². The van der Waals surface area contributed by atoms with Gasteiger partial charge in [-0.3, -0.25) is 19.5 Å². The highest BCUT2D eigenvalue weighted by atomic mass is 19.4. The van der Waals surface area contributed by atoms with Gasteiger partial charge in [-0.25, -0.2) is 13.8 Å². The number of imidazole rings is 1. The van der Waals surface area contributed by atoms with Crippen LogP contribution in [0.3, 0.4) is 0 Å². The number of fused-ring (bicyclic) bond motifs is 3. The van der Waals surface area contributed by atoms with Crippen LogP contribution in [0.2, 0.25) is 0 Å². The van der Waals surface area contributed by atoms with Crippen LogP contribution in [-0.4, -0.2) is 27.5 Å². The first-order valence-electron chi connectivity index (χ1n) is 9.20. The number of benzene rings is 1. The maximum Gasteiger partial charge on any atom is 0.440 e. The fraction of sp³-hybridized carbons (Fsp3) is 0.500. The number of anilines is 1. The van der Waals surface area contributed by atoms with Gasteiger partial charge in [0.25, 0.3) is 11.6 Å². The highest BCUT2D eigenvalue weighted by Crippen LogP contribution is 2.44. The van der Waals surface area contributed by atoms with Gasteiger partial charge in [0, 0.05) is 18.6 Å². The number of alkyl halides is 3. The first-order chi connectivity index (χ1) is 13.6. The van der Waals surface area contributed by atoms with Gasteiger partial charge in [-0.15, -0.1) is 0 Å². The number of nitrogens with zero attached hydrogens (tertiary/aromatic N) is 2. The lowest BCUT2D eigenvalue weighted by Crippen LogP contribution is -2.63. The van der Waals surface area contributed by atoms with Gasteiger partial charge in [0.15, 0.2) is 11.6 Å². The minimum absolute atomic E-state index is 0.180. The molecule has 1 unspecified atom stereocenters. The Hall–Kier alpha value is -2.72. The summed E-state index contributed by atoms with van der Waals surface area (Å²) in [6.45, 7) is 0. The average molecular weight is 416 g/mol. The molecule has 2 N–H and O–H groups in total. The first kappa shape index (κ1) is 19.6. The quantitative estimate of drug-likeness (QED) is 0.749. The van der Waals surface area contributed by atoms with E-state index >= 15 is 0 Å². The Bertz CT molecular complexity index is 996. The van der Waals surface area contributed by atoms with Gasteiger partial charge in [-0.05, 0) is 12.3 Å². The zero-order chi connectivity index (χ0) is 21.0. The molecule has 11 heteroatoms. The molecule has 0 spiro atoms. The molecule has 2 aliphatic rings. The van der Waals surface area contributed by atoms with Gasteiger partial charge < -0.3 is 5.32 Å². The van der Waals surface area contributed by atoms with Crippen LogP contribution < -0.4 is 10.6 Å². The molecule has 156 valence electrons. The van der Waals surface area contributed by atoms with Crippen molar-refractivity contribution in [3.8, 4) is 0 Å². The second-order valence-corrected chi connectivity index (χ2v) is 7.43. The number of aromatic nitrogens is 2. The van der Waals surface area contributed by atoms with Crippen molar-refractivity contribution < 1.29 is 31.5 Å². The zero-order valence-electron chi connectivity index (χ0n) is 15.1. The summed E-state index contributed by atoms with van der Waals surface area (Å²) in [6, 6.07) is 1.15. The first-order valence-corrected chi connectivity index (χ1v) is 9.20. The second-order valence-electron chi connectivity index (χ2n) is 7.43. The van der Waals surface area contributed by atoms with Gasteiger partial charge in [-0.2, -0.15) is 13.2 Å². The smallest absolute Gasteiger partial charge is 0.317 e. The Balaban J connectivity index is 1.74. The summed E-state index contributed by atoms with van der Waals surface area (Å²) in [6.07, 6.45) is -1.15. The number of halogens is 5. The Morgan fingerprint density at radius 1 is 1.24 bits per heavy atom. The molecule has 2 heterocycles. The van der Waals surface area contributed by atoms with Crippen molar-refractivity contribution in [3.63, 3.8) is 0 Å². The van der Waals surface area contributed by atoms with Crippen LogP contribution in [0.25, 0.3) is 11.0 Å². The largest absolute Gasteiger partial charge is 0.440 e. The fourth-order valence-electron chi connectivity index (χ4n) is 4.13. The van der Waals surface area contributed by atoms with E-state index in [0.717, 1.165) is 25.7 Å². The highest BCUT2D eigenvalue weighted by molar-refractivity contribution is 6.05. The van der Waals surface area contributed by atoms with Crippen LogP contribution >= 0.6 is 0 Å². The predicted molar refractivity (Wildman–Crippen MR) is 91.6 cm³/mol. The fourth-order valence-corrected chi connectivity index (χ4v) is 4.13. The van der Waals surface area contributed by atoms with E-state index in [0.29, 0.717) is 23.1 Å². The lowest BCUT2D eigenvalue weighted by Gasteiger charge is -2.32. The normalized spacial score (nSPS) is 22.2. The monoisotopic (exact) mass is 416 g/mol. The second kappa shape index (κ2) is 6.67. The Labute approximate surface area is 161 Å². The number of hydrogen-bond acceptors (Lipinski definition) is 3. The topological polar surface area (TPSA) is 76.0 Å². The van der Waals surface area contributed by atoms with Crippen LogP contribution in [0, 0.1) is 17.6 Å². The molecule has 1 aliphatic carbocycles. The molecule has 0 radical (unpaired) electrons. The van der Waals surface area contributed by atoms with Gasteiger partial charge >= 0.3 is 6.18 Å². The summed E-state index contributed by atoms with van der Waals surface area (Å²) < 4.78 is 70.0. The van der Waals surface area contributed by atoms with Crippen LogP contribution in [0.5, 0.6) is 0 Å². The van der Waals surface area contributed by atoms with Crippen molar-refractivity contribution in [1.82, 2.24) is 14.9 Å². The lowest BCUT2D eigenvalue weighted by atomic mass is 10.0. The number of carbonyl (C=O) groups is 2. The van der Waals surface area contributed by atoms with Gasteiger partial charge in [0.2, 0.25) is 11.9 Å². The van der Waals surface area contributed by atoms with Crippen LogP contribution in [0.15, 0.2) is 12.1 Å². The average Bonchev–Trinajstić information content (AvgIpc) is 3.31. The summed E-state index contributed by atoms with van der Waals surface area (Å²) in [5, 5.41) is 3.76. The summed E-state index contributed by atoms with van der Waals surface area (Å²) in [4.78, 5) is 28.5. The molecular formula is C18H17F5N4O2. The van der Waals surface area contributed by atoms with E-state index in [4.69, 9.17) is 0 Å². The van der Waals surface area contributed by atoms with E-state index in [1.807, 2.05) is 5.32 Å². The van der Waals surface area contributed by atoms with E-state index in [1.165, 1.54) is 0 Å². The molecule has 1 aliphatic heterocycles. The molecule has 6 nitrogen and oxygen atoms in total. The van der Waals surface area contributed by atoms with Crippen molar-refractivity contribution in [2.75, 3.05) is 5.32 Å². The van der Waals surface area contributed by atoms with Crippen LogP contribution in [-0.2, 0) is 15.3 Å². The Morgan fingerprint density at radius 2 is 1.90 bits per heavy atom. The summed E-state index contributed by atoms with van der Waals surface area (Å²) in [5.74, 6) is -5.50. The van der Waals surface area contributed by atoms with Gasteiger partial charge in [-0.1, -0.05) is 25.7 Å². The Morgan fingerprint density at radius 3 is 2.55 bits per heavy atom. The summed E-state index contributed by atoms with van der Waals surface area (Å²) in [7, 11) is 0. The lowest BCUT2D eigenvalue weighted by molar-refractivity contribution is -0.217. The number of rotatable bonds is 4. The van der Waals surface area contributed by atoms with Crippen molar-refractivity contribution in [2.24, 2.45) is 5.92 Å². The highest BCUT2D eigenvalue weighted by Gasteiger charge is 2.67. The third kappa shape index (κ3) is 3.03. The number of nitrogens with one attached hydrogen (secondary N) is 2. The molecule has 29 heavy (non-hydrogen) atoms. The molecule has 0 bridgehead atoms. The number of carbonyl (C=O) groups excluding carboxylic acids is 2. The summed E-state index contributed by atoms with van der Waals surface area (Å²) in [5.41, 5.74) is -4.24. The number of amides is 2. The Kier molecular flexibility index (Phi) is 4.50. The molecule has 1 fully saturated rings. The molecule has 2 aromatic rings. The maximum absolute atomic E-state index is 14.1. The zero-order valence-corrected chi connectivity index (χ0v) is 15.1. The third-order valence-corrected chi connectivity index (χ3v) is 5.57. The SMILES string of the molecule is O=C(CCC1CCCC1)NC1(C(F)(F)F)C(=O)Nc2nc3cc(F)c(F)cc3n21. The van der Waals surface area contributed by atoms with E-state index in [9.17, 15) is 31.5 Å². The van der Waals surface area contributed by atoms with Crippen molar-refractivity contribution in [2.45, 2.75) is 50.4 Å². The standard InChI is InChI=1S/C18H17F5N4O2/c19-10-7-12-13(8-11(10)20)27-16(24-12)25-15(29)17(27,18(21,22)23)26-14(28)6-5-9-3-1-2-4-9/h7-9H,1-6H2,(H,26,28)(H,24,25,29). The third-order valence-electron chi connectivity index (χ3n) is 5.57. The molecule has 1 aromatic heterocycles. The van der Waals surface area contributed by atoms with E-state index < -0.39 is 46.8 Å². The molecule has 4 rings (SSSR count). The van der Waals surface area contributed by atoms with Crippen molar-refractivity contribution >= 4 is 28.8 Å². The molecule has 0 saturated heterocycles. The van der Waals surface area contributed by atoms with Gasteiger partial charge in [0.1, 0.15) is 0 Å². The van der Waals surface area contributed by atoms with Gasteiger partial charge in [0.05, 0.1) is 11.0 Å². The van der Waals surface area contributed by atoms with Crippen LogP contribution in [0.1, 0.15) is 38.5 Å². The maximum atomic E-state index is 14.1. The predicted octanol–water partition coefficient (Wildman–Crippen LogP) is 3.57. The molecule has 1 saturated carbocycles. The van der Waals surface area contributed by atoms with E-state index in [2.05, 4.69) is 4.98 Å². The minimum atomic E-state index is -5.26.